The Hall–Kier alpha value is -2.39. The number of nitrogens with zero attached hydrogens (tertiary/aromatic N) is 2. The van der Waals surface area contributed by atoms with Gasteiger partial charge in [-0.15, -0.1) is 0 Å². The maximum Gasteiger partial charge on any atom is 0.0969 e. The molecule has 3 rings (SSSR count). The van der Waals surface area contributed by atoms with Gasteiger partial charge in [-0.05, 0) is 16.7 Å². The van der Waals surface area contributed by atoms with Crippen LogP contribution in [0.4, 0.5) is 0 Å². The SMILES string of the molecule is O[C@@H](Cn1ccnc1)c1ccc(-c2ccccc2)cc1. The summed E-state index contributed by atoms with van der Waals surface area (Å²) in [5.74, 6) is 0. The number of aliphatic hydroxyl groups is 1. The van der Waals surface area contributed by atoms with Gasteiger partial charge in [-0.2, -0.15) is 0 Å². The maximum absolute atomic E-state index is 10.2. The fraction of sp³-hybridized carbons (Fsp3) is 0.118. The van der Waals surface area contributed by atoms with Gasteiger partial charge in [0.1, 0.15) is 0 Å². The highest BCUT2D eigenvalue weighted by Gasteiger charge is 2.08. The first-order chi connectivity index (χ1) is 9.83. The topological polar surface area (TPSA) is 38.0 Å². The van der Waals surface area contributed by atoms with Crippen LogP contribution in [-0.2, 0) is 6.54 Å². The van der Waals surface area contributed by atoms with E-state index in [1.807, 2.05) is 53.2 Å². The number of rotatable bonds is 4. The van der Waals surface area contributed by atoms with Crippen molar-refractivity contribution in [1.29, 1.82) is 0 Å². The predicted octanol–water partition coefficient (Wildman–Crippen LogP) is 3.28. The van der Waals surface area contributed by atoms with Crippen LogP contribution in [0.3, 0.4) is 0 Å². The van der Waals surface area contributed by atoms with E-state index < -0.39 is 6.10 Å². The van der Waals surface area contributed by atoms with Gasteiger partial charge in [0.25, 0.3) is 0 Å². The standard InChI is InChI=1S/C17H16N2O/c20-17(12-19-11-10-18-13-19)16-8-6-15(7-9-16)14-4-2-1-3-5-14/h1-11,13,17,20H,12H2/t17-/m0/s1. The summed E-state index contributed by atoms with van der Waals surface area (Å²) in [5.41, 5.74) is 3.26. The summed E-state index contributed by atoms with van der Waals surface area (Å²) in [6, 6.07) is 18.3. The van der Waals surface area contributed by atoms with Crippen LogP contribution in [0, 0.1) is 0 Å². The Labute approximate surface area is 118 Å². The van der Waals surface area contributed by atoms with Crippen molar-refractivity contribution in [2.24, 2.45) is 0 Å². The molecule has 0 saturated heterocycles. The van der Waals surface area contributed by atoms with E-state index in [9.17, 15) is 5.11 Å². The fourth-order valence-corrected chi connectivity index (χ4v) is 2.23. The lowest BCUT2D eigenvalue weighted by atomic mass is 10.0. The number of hydrogen-bond donors (Lipinski definition) is 1. The first kappa shape index (κ1) is 12.6. The molecular weight excluding hydrogens is 248 g/mol. The third-order valence-corrected chi connectivity index (χ3v) is 3.35. The first-order valence-electron chi connectivity index (χ1n) is 6.62. The average Bonchev–Trinajstić information content (AvgIpc) is 3.01. The molecule has 20 heavy (non-hydrogen) atoms. The van der Waals surface area contributed by atoms with Crippen LogP contribution in [0.5, 0.6) is 0 Å². The van der Waals surface area contributed by atoms with E-state index in [2.05, 4.69) is 17.1 Å². The average molecular weight is 264 g/mol. The Morgan fingerprint density at radius 3 is 2.30 bits per heavy atom. The molecule has 1 N–H and O–H groups in total. The minimum atomic E-state index is -0.519. The van der Waals surface area contributed by atoms with Crippen molar-refractivity contribution in [3.63, 3.8) is 0 Å². The summed E-state index contributed by atoms with van der Waals surface area (Å²) in [7, 11) is 0. The van der Waals surface area contributed by atoms with Gasteiger partial charge in [0.2, 0.25) is 0 Å². The first-order valence-corrected chi connectivity index (χ1v) is 6.62. The Bertz CT molecular complexity index is 645. The zero-order valence-electron chi connectivity index (χ0n) is 11.1. The molecule has 2 aromatic carbocycles. The summed E-state index contributed by atoms with van der Waals surface area (Å²) in [4.78, 5) is 3.97. The molecule has 1 atom stereocenters. The molecule has 0 bridgehead atoms. The van der Waals surface area contributed by atoms with Crippen molar-refractivity contribution in [3.05, 3.63) is 78.9 Å². The summed E-state index contributed by atoms with van der Waals surface area (Å²) in [6.45, 7) is 0.519. The summed E-state index contributed by atoms with van der Waals surface area (Å²) in [6.07, 6.45) is 4.75. The molecule has 3 nitrogen and oxygen atoms in total. The van der Waals surface area contributed by atoms with Gasteiger partial charge >= 0.3 is 0 Å². The molecule has 0 aliphatic heterocycles. The monoisotopic (exact) mass is 264 g/mol. The Balaban J connectivity index is 1.76. The van der Waals surface area contributed by atoms with Crippen molar-refractivity contribution in [2.45, 2.75) is 12.6 Å². The van der Waals surface area contributed by atoms with E-state index >= 15 is 0 Å². The van der Waals surface area contributed by atoms with Gasteiger partial charge in [0.05, 0.1) is 19.0 Å². The lowest BCUT2D eigenvalue weighted by Crippen LogP contribution is -2.06. The predicted molar refractivity (Wildman–Crippen MR) is 79.1 cm³/mol. The molecule has 0 radical (unpaired) electrons. The zero-order valence-corrected chi connectivity index (χ0v) is 11.1. The van der Waals surface area contributed by atoms with Crippen molar-refractivity contribution < 1.29 is 5.11 Å². The van der Waals surface area contributed by atoms with Crippen molar-refractivity contribution in [2.75, 3.05) is 0 Å². The lowest BCUT2D eigenvalue weighted by Gasteiger charge is -2.12. The van der Waals surface area contributed by atoms with E-state index in [0.717, 1.165) is 11.1 Å². The highest BCUT2D eigenvalue weighted by molar-refractivity contribution is 5.63. The van der Waals surface area contributed by atoms with Crippen molar-refractivity contribution >= 4 is 0 Å². The largest absolute Gasteiger partial charge is 0.387 e. The Morgan fingerprint density at radius 2 is 1.65 bits per heavy atom. The Morgan fingerprint density at radius 1 is 0.950 bits per heavy atom. The van der Waals surface area contributed by atoms with Gasteiger partial charge in [0, 0.05) is 12.4 Å². The van der Waals surface area contributed by atoms with Crippen LogP contribution >= 0.6 is 0 Å². The minimum Gasteiger partial charge on any atom is -0.387 e. The van der Waals surface area contributed by atoms with Crippen LogP contribution in [0.1, 0.15) is 11.7 Å². The smallest absolute Gasteiger partial charge is 0.0969 e. The number of aliphatic hydroxyl groups excluding tert-OH is 1. The van der Waals surface area contributed by atoms with Gasteiger partial charge in [-0.3, -0.25) is 0 Å². The van der Waals surface area contributed by atoms with E-state index in [4.69, 9.17) is 0 Å². The molecule has 0 aliphatic rings. The molecule has 3 heteroatoms. The second-order valence-electron chi connectivity index (χ2n) is 4.76. The molecule has 100 valence electrons. The molecule has 0 aliphatic carbocycles. The molecular formula is C17H16N2O. The summed E-state index contributed by atoms with van der Waals surface area (Å²) in [5, 5.41) is 10.2. The van der Waals surface area contributed by atoms with E-state index in [0.29, 0.717) is 6.54 Å². The van der Waals surface area contributed by atoms with Gasteiger partial charge < -0.3 is 9.67 Å². The van der Waals surface area contributed by atoms with Crippen LogP contribution in [0.25, 0.3) is 11.1 Å². The van der Waals surface area contributed by atoms with Crippen molar-refractivity contribution in [3.8, 4) is 11.1 Å². The molecule has 0 saturated carbocycles. The Kier molecular flexibility index (Phi) is 3.61. The molecule has 0 unspecified atom stereocenters. The van der Waals surface area contributed by atoms with Gasteiger partial charge in [0.15, 0.2) is 0 Å². The number of imidazole rings is 1. The third-order valence-electron chi connectivity index (χ3n) is 3.35. The maximum atomic E-state index is 10.2. The van der Waals surface area contributed by atoms with E-state index in [-0.39, 0.29) is 0 Å². The molecule has 0 amide bonds. The second kappa shape index (κ2) is 5.72. The third kappa shape index (κ3) is 2.78. The molecule has 0 spiro atoms. The van der Waals surface area contributed by atoms with Crippen LogP contribution < -0.4 is 0 Å². The number of benzene rings is 2. The molecule has 1 heterocycles. The molecule has 3 aromatic rings. The molecule has 0 fully saturated rings. The van der Waals surface area contributed by atoms with Crippen LogP contribution in [-0.4, -0.2) is 14.7 Å². The summed E-state index contributed by atoms with van der Waals surface area (Å²) >= 11 is 0. The van der Waals surface area contributed by atoms with Gasteiger partial charge in [-0.1, -0.05) is 54.6 Å². The van der Waals surface area contributed by atoms with Gasteiger partial charge in [-0.25, -0.2) is 4.98 Å². The minimum absolute atomic E-state index is 0.519. The fourth-order valence-electron chi connectivity index (χ4n) is 2.23. The van der Waals surface area contributed by atoms with Crippen LogP contribution in [0.2, 0.25) is 0 Å². The van der Waals surface area contributed by atoms with E-state index in [1.165, 1.54) is 5.56 Å². The lowest BCUT2D eigenvalue weighted by molar-refractivity contribution is 0.156. The van der Waals surface area contributed by atoms with Crippen LogP contribution in [0.15, 0.2) is 73.3 Å². The number of aromatic nitrogens is 2. The van der Waals surface area contributed by atoms with E-state index in [1.54, 1.807) is 12.5 Å². The highest BCUT2D eigenvalue weighted by Crippen LogP contribution is 2.22. The number of hydrogen-bond acceptors (Lipinski definition) is 2. The van der Waals surface area contributed by atoms with Crippen molar-refractivity contribution in [1.82, 2.24) is 9.55 Å². The quantitative estimate of drug-likeness (QED) is 0.785. The molecule has 1 aromatic heterocycles. The second-order valence-corrected chi connectivity index (χ2v) is 4.76. The summed E-state index contributed by atoms with van der Waals surface area (Å²) < 4.78 is 1.87. The normalized spacial score (nSPS) is 12.2. The zero-order chi connectivity index (χ0) is 13.8. The highest BCUT2D eigenvalue weighted by atomic mass is 16.3.